The fourth-order valence-corrected chi connectivity index (χ4v) is 1.62. The molecular formula is C9H18O4. The predicted octanol–water partition coefficient (Wildman–Crippen LogP) is -0.486. The molecule has 0 aliphatic carbocycles. The number of hydrogen-bond donors (Lipinski definition) is 3. The molecule has 1 rings (SSSR count). The van der Waals surface area contributed by atoms with E-state index in [-0.39, 0.29) is 12.0 Å². The van der Waals surface area contributed by atoms with E-state index in [0.717, 1.165) is 0 Å². The van der Waals surface area contributed by atoms with Gasteiger partial charge >= 0.3 is 0 Å². The normalized spacial score (nSPS) is 41.1. The highest BCUT2D eigenvalue weighted by atomic mass is 16.6. The highest BCUT2D eigenvalue weighted by Crippen LogP contribution is 2.33. The Hall–Kier alpha value is -0.160. The van der Waals surface area contributed by atoms with E-state index in [4.69, 9.17) is 9.84 Å². The van der Waals surface area contributed by atoms with Crippen molar-refractivity contribution in [3.05, 3.63) is 0 Å². The standard InChI is InChI=1S/C9H18O4/c1-9(2,3)8-7(12)6(11)5(4-10)13-8/h5-8,10-12H,4H2,1-3H3/t5-,6?,7-,8+/m1/s1. The quantitative estimate of drug-likeness (QED) is 0.522. The van der Waals surface area contributed by atoms with Crippen molar-refractivity contribution >= 4 is 0 Å². The van der Waals surface area contributed by atoms with Gasteiger partial charge in [0.05, 0.1) is 12.7 Å². The van der Waals surface area contributed by atoms with Gasteiger partial charge in [0.1, 0.15) is 18.3 Å². The van der Waals surface area contributed by atoms with Crippen LogP contribution in [0.2, 0.25) is 0 Å². The summed E-state index contributed by atoms with van der Waals surface area (Å²) in [5.41, 5.74) is -0.232. The summed E-state index contributed by atoms with van der Waals surface area (Å²) in [4.78, 5) is 0. The molecule has 1 fully saturated rings. The van der Waals surface area contributed by atoms with E-state index >= 15 is 0 Å². The Labute approximate surface area is 78.1 Å². The van der Waals surface area contributed by atoms with Gasteiger partial charge in [0, 0.05) is 0 Å². The molecule has 1 saturated heterocycles. The molecule has 0 aromatic carbocycles. The van der Waals surface area contributed by atoms with Gasteiger partial charge < -0.3 is 20.1 Å². The van der Waals surface area contributed by atoms with Crippen LogP contribution < -0.4 is 0 Å². The maximum Gasteiger partial charge on any atom is 0.111 e. The molecule has 0 spiro atoms. The molecule has 1 unspecified atom stereocenters. The van der Waals surface area contributed by atoms with Crippen LogP contribution in [0, 0.1) is 5.41 Å². The first-order valence-electron chi connectivity index (χ1n) is 4.50. The Balaban J connectivity index is 2.71. The monoisotopic (exact) mass is 190 g/mol. The summed E-state index contributed by atoms with van der Waals surface area (Å²) >= 11 is 0. The molecule has 0 bridgehead atoms. The molecule has 1 heterocycles. The van der Waals surface area contributed by atoms with Crippen molar-refractivity contribution in [2.24, 2.45) is 5.41 Å². The summed E-state index contributed by atoms with van der Waals surface area (Å²) in [6, 6.07) is 0. The smallest absolute Gasteiger partial charge is 0.111 e. The SMILES string of the molecule is CC(C)(C)[C@H]1O[C@H](CO)C(O)[C@H]1O. The van der Waals surface area contributed by atoms with Crippen LogP contribution in [0.25, 0.3) is 0 Å². The first kappa shape index (κ1) is 10.9. The highest BCUT2D eigenvalue weighted by Gasteiger charge is 2.47. The molecule has 0 saturated carbocycles. The van der Waals surface area contributed by atoms with Gasteiger partial charge in [0.25, 0.3) is 0 Å². The third-order valence-electron chi connectivity index (χ3n) is 2.40. The zero-order valence-corrected chi connectivity index (χ0v) is 8.27. The molecule has 4 atom stereocenters. The summed E-state index contributed by atoms with van der Waals surface area (Å²) in [6.45, 7) is 5.51. The van der Waals surface area contributed by atoms with Crippen LogP contribution in [0.5, 0.6) is 0 Å². The second-order valence-corrected chi connectivity index (χ2v) is 4.62. The maximum atomic E-state index is 9.61. The lowest BCUT2D eigenvalue weighted by Crippen LogP contribution is -2.39. The summed E-state index contributed by atoms with van der Waals surface area (Å²) in [5.74, 6) is 0. The Morgan fingerprint density at radius 1 is 1.15 bits per heavy atom. The summed E-state index contributed by atoms with van der Waals surface area (Å²) < 4.78 is 5.35. The van der Waals surface area contributed by atoms with E-state index < -0.39 is 24.4 Å². The third-order valence-corrected chi connectivity index (χ3v) is 2.40. The fourth-order valence-electron chi connectivity index (χ4n) is 1.62. The minimum atomic E-state index is -0.978. The molecule has 0 amide bonds. The molecule has 13 heavy (non-hydrogen) atoms. The van der Waals surface area contributed by atoms with Gasteiger partial charge in [-0.05, 0) is 5.41 Å². The van der Waals surface area contributed by atoms with E-state index in [1.54, 1.807) is 0 Å². The zero-order chi connectivity index (χ0) is 10.2. The minimum Gasteiger partial charge on any atom is -0.394 e. The number of hydrogen-bond acceptors (Lipinski definition) is 4. The van der Waals surface area contributed by atoms with Crippen LogP contribution in [-0.2, 0) is 4.74 Å². The Kier molecular flexibility index (Phi) is 2.97. The van der Waals surface area contributed by atoms with Gasteiger partial charge in [-0.25, -0.2) is 0 Å². The van der Waals surface area contributed by atoms with Crippen molar-refractivity contribution in [1.29, 1.82) is 0 Å². The molecular weight excluding hydrogens is 172 g/mol. The molecule has 4 nitrogen and oxygen atoms in total. The summed E-state index contributed by atoms with van der Waals surface area (Å²) in [6.07, 6.45) is -2.95. The second kappa shape index (κ2) is 3.53. The van der Waals surface area contributed by atoms with Crippen molar-refractivity contribution in [1.82, 2.24) is 0 Å². The average molecular weight is 190 g/mol. The Morgan fingerprint density at radius 3 is 1.92 bits per heavy atom. The number of rotatable bonds is 1. The van der Waals surface area contributed by atoms with Crippen molar-refractivity contribution < 1.29 is 20.1 Å². The second-order valence-electron chi connectivity index (χ2n) is 4.62. The van der Waals surface area contributed by atoms with Gasteiger partial charge in [0.15, 0.2) is 0 Å². The van der Waals surface area contributed by atoms with E-state index in [1.165, 1.54) is 0 Å². The Bertz CT molecular complexity index is 175. The van der Waals surface area contributed by atoms with Gasteiger partial charge in [0.2, 0.25) is 0 Å². The van der Waals surface area contributed by atoms with Gasteiger partial charge in [-0.15, -0.1) is 0 Å². The van der Waals surface area contributed by atoms with Crippen molar-refractivity contribution in [2.75, 3.05) is 6.61 Å². The average Bonchev–Trinajstić information content (AvgIpc) is 2.28. The fraction of sp³-hybridized carbons (Fsp3) is 1.00. The lowest BCUT2D eigenvalue weighted by Gasteiger charge is -2.28. The molecule has 0 aromatic heterocycles. The van der Waals surface area contributed by atoms with E-state index in [2.05, 4.69) is 0 Å². The van der Waals surface area contributed by atoms with Crippen LogP contribution in [-0.4, -0.2) is 46.3 Å². The third kappa shape index (κ3) is 2.02. The minimum absolute atomic E-state index is 0.232. The topological polar surface area (TPSA) is 69.9 Å². The number of ether oxygens (including phenoxy) is 1. The number of aliphatic hydroxyl groups is 3. The molecule has 0 radical (unpaired) electrons. The van der Waals surface area contributed by atoms with Crippen LogP contribution in [0.1, 0.15) is 20.8 Å². The lowest BCUT2D eigenvalue weighted by molar-refractivity contribution is -0.0638. The van der Waals surface area contributed by atoms with Gasteiger partial charge in [-0.1, -0.05) is 20.8 Å². The van der Waals surface area contributed by atoms with Crippen molar-refractivity contribution in [3.8, 4) is 0 Å². The van der Waals surface area contributed by atoms with E-state index in [0.29, 0.717) is 0 Å². The van der Waals surface area contributed by atoms with Crippen LogP contribution in [0.4, 0.5) is 0 Å². The zero-order valence-electron chi connectivity index (χ0n) is 8.27. The first-order valence-corrected chi connectivity index (χ1v) is 4.50. The molecule has 1 aliphatic heterocycles. The molecule has 3 N–H and O–H groups in total. The molecule has 4 heteroatoms. The highest BCUT2D eigenvalue weighted by molar-refractivity contribution is 4.95. The first-order chi connectivity index (χ1) is 5.88. The molecule has 1 aliphatic rings. The van der Waals surface area contributed by atoms with Crippen LogP contribution in [0.3, 0.4) is 0 Å². The molecule has 0 aromatic rings. The van der Waals surface area contributed by atoms with Crippen LogP contribution >= 0.6 is 0 Å². The van der Waals surface area contributed by atoms with Crippen LogP contribution in [0.15, 0.2) is 0 Å². The predicted molar refractivity (Wildman–Crippen MR) is 47.2 cm³/mol. The Morgan fingerprint density at radius 2 is 1.69 bits per heavy atom. The maximum absolute atomic E-state index is 9.61. The summed E-state index contributed by atoms with van der Waals surface area (Å²) in [5, 5.41) is 27.9. The van der Waals surface area contributed by atoms with Crippen molar-refractivity contribution in [2.45, 2.75) is 45.2 Å². The van der Waals surface area contributed by atoms with Gasteiger partial charge in [-0.3, -0.25) is 0 Å². The largest absolute Gasteiger partial charge is 0.394 e. The van der Waals surface area contributed by atoms with Crippen molar-refractivity contribution in [3.63, 3.8) is 0 Å². The van der Waals surface area contributed by atoms with E-state index in [9.17, 15) is 10.2 Å². The van der Waals surface area contributed by atoms with Gasteiger partial charge in [-0.2, -0.15) is 0 Å². The lowest BCUT2D eigenvalue weighted by atomic mass is 9.85. The van der Waals surface area contributed by atoms with E-state index in [1.807, 2.05) is 20.8 Å². The number of aliphatic hydroxyl groups excluding tert-OH is 3. The molecule has 78 valence electrons. The summed E-state index contributed by atoms with van der Waals surface area (Å²) in [7, 11) is 0.